The van der Waals surface area contributed by atoms with E-state index in [1.807, 2.05) is 38.1 Å². The van der Waals surface area contributed by atoms with Gasteiger partial charge < -0.3 is 5.73 Å². The van der Waals surface area contributed by atoms with Gasteiger partial charge in [-0.3, -0.25) is 0 Å². The molecule has 1 heterocycles. The summed E-state index contributed by atoms with van der Waals surface area (Å²) in [5, 5.41) is 18.0. The third-order valence-corrected chi connectivity index (χ3v) is 3.99. The number of nitriles is 1. The van der Waals surface area contributed by atoms with E-state index < -0.39 is 0 Å². The summed E-state index contributed by atoms with van der Waals surface area (Å²) in [4.78, 5) is 4.35. The lowest BCUT2D eigenvalue weighted by molar-refractivity contribution is 0.996. The van der Waals surface area contributed by atoms with E-state index in [2.05, 4.69) is 21.3 Å². The van der Waals surface area contributed by atoms with Crippen molar-refractivity contribution >= 4 is 17.5 Å². The Labute approximate surface area is 144 Å². The zero-order valence-electron chi connectivity index (χ0n) is 13.2. The molecule has 0 saturated carbocycles. The Morgan fingerprint density at radius 3 is 2.17 bits per heavy atom. The molecule has 0 aliphatic rings. The van der Waals surface area contributed by atoms with Crippen molar-refractivity contribution in [2.75, 3.05) is 5.73 Å². The minimum absolute atomic E-state index is 0.103. The first-order valence-corrected chi connectivity index (χ1v) is 7.65. The molecule has 0 radical (unpaired) electrons. The van der Waals surface area contributed by atoms with Crippen LogP contribution in [0.2, 0.25) is 5.02 Å². The van der Waals surface area contributed by atoms with Crippen LogP contribution in [-0.2, 0) is 0 Å². The van der Waals surface area contributed by atoms with Gasteiger partial charge in [0, 0.05) is 16.1 Å². The molecule has 5 nitrogen and oxygen atoms in total. The Bertz CT molecular complexity index is 935. The zero-order valence-corrected chi connectivity index (χ0v) is 14.0. The molecule has 0 unspecified atom stereocenters. The number of aryl methyl sites for hydroxylation is 2. The minimum atomic E-state index is 0.103. The minimum Gasteiger partial charge on any atom is -0.366 e. The molecule has 0 spiro atoms. The molecule has 0 atom stereocenters. The van der Waals surface area contributed by atoms with Gasteiger partial charge in [-0.1, -0.05) is 23.7 Å². The van der Waals surface area contributed by atoms with Crippen molar-refractivity contribution in [3.05, 3.63) is 58.1 Å². The number of hydrogen-bond acceptors (Lipinski definition) is 5. The summed E-state index contributed by atoms with van der Waals surface area (Å²) in [7, 11) is 0. The number of nitrogen functional groups attached to an aromatic ring is 1. The maximum atomic E-state index is 9.24. The van der Waals surface area contributed by atoms with Gasteiger partial charge in [-0.25, -0.2) is 4.98 Å². The molecule has 1 aromatic heterocycles. The highest BCUT2D eigenvalue weighted by molar-refractivity contribution is 6.30. The standard InChI is InChI=1S/C18H14ClN5/c1-10-7-13(8-11(2)15(10)9-20)17-16(22-18(21)24-23-17)12-3-5-14(19)6-4-12/h3-8H,1-2H3,(H2,21,22,24). The van der Waals surface area contributed by atoms with Crippen molar-refractivity contribution in [1.29, 1.82) is 5.26 Å². The molecule has 2 aromatic carbocycles. The Hall–Kier alpha value is -2.97. The Morgan fingerprint density at radius 1 is 0.958 bits per heavy atom. The topological polar surface area (TPSA) is 88.5 Å². The highest BCUT2D eigenvalue weighted by Gasteiger charge is 2.15. The van der Waals surface area contributed by atoms with E-state index in [4.69, 9.17) is 17.3 Å². The lowest BCUT2D eigenvalue weighted by atomic mass is 9.96. The van der Waals surface area contributed by atoms with Crippen LogP contribution in [0.4, 0.5) is 5.95 Å². The molecule has 0 aliphatic heterocycles. The molecule has 0 fully saturated rings. The highest BCUT2D eigenvalue weighted by atomic mass is 35.5. The van der Waals surface area contributed by atoms with Crippen molar-refractivity contribution in [2.24, 2.45) is 0 Å². The number of aromatic nitrogens is 3. The smallest absolute Gasteiger partial charge is 0.240 e. The van der Waals surface area contributed by atoms with Crippen molar-refractivity contribution in [3.8, 4) is 28.6 Å². The third-order valence-electron chi connectivity index (χ3n) is 3.74. The van der Waals surface area contributed by atoms with Gasteiger partial charge in [0.2, 0.25) is 5.95 Å². The van der Waals surface area contributed by atoms with Gasteiger partial charge >= 0.3 is 0 Å². The molecule has 0 bridgehead atoms. The number of rotatable bonds is 2. The lowest BCUT2D eigenvalue weighted by Gasteiger charge is -2.11. The molecular formula is C18H14ClN5. The SMILES string of the molecule is Cc1cc(-c2nnc(N)nc2-c2ccc(Cl)cc2)cc(C)c1C#N. The van der Waals surface area contributed by atoms with Crippen LogP contribution >= 0.6 is 11.6 Å². The van der Waals surface area contributed by atoms with Gasteiger partial charge in [0.05, 0.1) is 11.6 Å². The summed E-state index contributed by atoms with van der Waals surface area (Å²) >= 11 is 5.96. The first kappa shape index (κ1) is 15.9. The van der Waals surface area contributed by atoms with E-state index in [9.17, 15) is 5.26 Å². The van der Waals surface area contributed by atoms with Gasteiger partial charge in [-0.15, -0.1) is 10.2 Å². The summed E-state index contributed by atoms with van der Waals surface area (Å²) in [6.07, 6.45) is 0. The summed E-state index contributed by atoms with van der Waals surface area (Å²) in [5.41, 5.74) is 11.1. The maximum Gasteiger partial charge on any atom is 0.240 e. The van der Waals surface area contributed by atoms with Crippen LogP contribution in [0.3, 0.4) is 0 Å². The highest BCUT2D eigenvalue weighted by Crippen LogP contribution is 2.31. The van der Waals surface area contributed by atoms with E-state index in [1.165, 1.54) is 0 Å². The Kier molecular flexibility index (Phi) is 4.15. The fourth-order valence-corrected chi connectivity index (χ4v) is 2.74. The van der Waals surface area contributed by atoms with Crippen molar-refractivity contribution in [2.45, 2.75) is 13.8 Å². The van der Waals surface area contributed by atoms with Gasteiger partial charge in [-0.2, -0.15) is 5.26 Å². The summed E-state index contributed by atoms with van der Waals surface area (Å²) in [5.74, 6) is 0.103. The molecule has 3 rings (SSSR count). The first-order valence-electron chi connectivity index (χ1n) is 7.27. The molecular weight excluding hydrogens is 322 g/mol. The Morgan fingerprint density at radius 2 is 1.58 bits per heavy atom. The van der Waals surface area contributed by atoms with Gasteiger partial charge in [-0.05, 0) is 49.2 Å². The van der Waals surface area contributed by atoms with Crippen molar-refractivity contribution in [3.63, 3.8) is 0 Å². The second-order valence-electron chi connectivity index (χ2n) is 5.47. The van der Waals surface area contributed by atoms with Crippen molar-refractivity contribution in [1.82, 2.24) is 15.2 Å². The molecule has 118 valence electrons. The van der Waals surface area contributed by atoms with E-state index in [-0.39, 0.29) is 5.95 Å². The fraction of sp³-hybridized carbons (Fsp3) is 0.111. The van der Waals surface area contributed by atoms with Gasteiger partial charge in [0.25, 0.3) is 0 Å². The average Bonchev–Trinajstić information content (AvgIpc) is 2.55. The lowest BCUT2D eigenvalue weighted by Crippen LogP contribution is -2.03. The molecule has 3 aromatic rings. The van der Waals surface area contributed by atoms with E-state index >= 15 is 0 Å². The molecule has 6 heteroatoms. The quantitative estimate of drug-likeness (QED) is 0.766. The van der Waals surface area contributed by atoms with Crippen LogP contribution in [0, 0.1) is 25.2 Å². The average molecular weight is 336 g/mol. The van der Waals surface area contributed by atoms with Crippen LogP contribution in [0.1, 0.15) is 16.7 Å². The van der Waals surface area contributed by atoms with E-state index in [0.29, 0.717) is 22.0 Å². The predicted molar refractivity (Wildman–Crippen MR) is 94.3 cm³/mol. The molecule has 0 aliphatic carbocycles. The molecule has 2 N–H and O–H groups in total. The molecule has 0 amide bonds. The van der Waals surface area contributed by atoms with Crippen LogP contribution in [-0.4, -0.2) is 15.2 Å². The van der Waals surface area contributed by atoms with Crippen LogP contribution < -0.4 is 5.73 Å². The second-order valence-corrected chi connectivity index (χ2v) is 5.91. The molecule has 24 heavy (non-hydrogen) atoms. The number of nitrogens with zero attached hydrogens (tertiary/aromatic N) is 4. The van der Waals surface area contributed by atoms with E-state index in [1.54, 1.807) is 12.1 Å². The summed E-state index contributed by atoms with van der Waals surface area (Å²) < 4.78 is 0. The van der Waals surface area contributed by atoms with Gasteiger partial charge in [0.1, 0.15) is 11.4 Å². The number of anilines is 1. The first-order chi connectivity index (χ1) is 11.5. The Balaban J connectivity index is 2.23. The fourth-order valence-electron chi connectivity index (χ4n) is 2.62. The number of nitrogens with two attached hydrogens (primary N) is 1. The number of benzene rings is 2. The van der Waals surface area contributed by atoms with Crippen LogP contribution in [0.5, 0.6) is 0 Å². The van der Waals surface area contributed by atoms with Crippen LogP contribution in [0.25, 0.3) is 22.5 Å². The van der Waals surface area contributed by atoms with Gasteiger partial charge in [0.15, 0.2) is 0 Å². The van der Waals surface area contributed by atoms with E-state index in [0.717, 1.165) is 22.3 Å². The number of halogens is 1. The zero-order chi connectivity index (χ0) is 17.3. The third kappa shape index (κ3) is 2.92. The largest absolute Gasteiger partial charge is 0.366 e. The predicted octanol–water partition coefficient (Wildman–Crippen LogP) is 3.93. The maximum absolute atomic E-state index is 9.24. The summed E-state index contributed by atoms with van der Waals surface area (Å²) in [6.45, 7) is 3.80. The van der Waals surface area contributed by atoms with Crippen molar-refractivity contribution < 1.29 is 0 Å². The normalized spacial score (nSPS) is 10.4. The molecule has 0 saturated heterocycles. The van der Waals surface area contributed by atoms with Crippen LogP contribution in [0.15, 0.2) is 36.4 Å². The summed E-state index contributed by atoms with van der Waals surface area (Å²) in [6, 6.07) is 13.3. The number of hydrogen-bond donors (Lipinski definition) is 1. The second kappa shape index (κ2) is 6.26. The monoisotopic (exact) mass is 335 g/mol.